The lowest BCUT2D eigenvalue weighted by Crippen LogP contribution is -2.08. The summed E-state index contributed by atoms with van der Waals surface area (Å²) in [5.74, 6) is 1.39. The van der Waals surface area contributed by atoms with Crippen LogP contribution in [0.4, 0.5) is 0 Å². The van der Waals surface area contributed by atoms with E-state index in [9.17, 15) is 0 Å². The van der Waals surface area contributed by atoms with Crippen molar-refractivity contribution < 1.29 is 4.74 Å². The van der Waals surface area contributed by atoms with E-state index in [1.165, 1.54) is 0 Å². The zero-order valence-corrected chi connectivity index (χ0v) is 12.1. The number of ether oxygens (including phenoxy) is 1. The quantitative estimate of drug-likeness (QED) is 0.842. The first-order valence-electron chi connectivity index (χ1n) is 6.08. The Labute approximate surface area is 123 Å². The zero-order valence-electron chi connectivity index (χ0n) is 10.6. The third-order valence-electron chi connectivity index (χ3n) is 2.85. The first-order valence-corrected chi connectivity index (χ1v) is 6.84. The maximum atomic E-state index is 6.01. The molecule has 2 rings (SSSR count). The van der Waals surface area contributed by atoms with Crippen molar-refractivity contribution in [3.8, 4) is 11.5 Å². The molecule has 0 aliphatic heterocycles. The second-order valence-electron chi connectivity index (χ2n) is 4.27. The van der Waals surface area contributed by atoms with E-state index in [4.69, 9.17) is 33.7 Å². The highest BCUT2D eigenvalue weighted by atomic mass is 35.5. The molecule has 0 spiro atoms. The molecule has 0 amide bonds. The van der Waals surface area contributed by atoms with Crippen LogP contribution in [0.15, 0.2) is 42.5 Å². The van der Waals surface area contributed by atoms with Crippen molar-refractivity contribution >= 4 is 23.2 Å². The topological polar surface area (TPSA) is 35.2 Å². The fourth-order valence-corrected chi connectivity index (χ4v) is 2.01. The van der Waals surface area contributed by atoms with Crippen LogP contribution in [-0.2, 0) is 0 Å². The molecule has 0 radical (unpaired) electrons. The Kier molecular flexibility index (Phi) is 4.70. The van der Waals surface area contributed by atoms with Crippen LogP contribution in [0, 0.1) is 0 Å². The molecule has 4 heteroatoms. The van der Waals surface area contributed by atoms with E-state index in [0.717, 1.165) is 17.7 Å². The maximum Gasteiger partial charge on any atom is 0.129 e. The van der Waals surface area contributed by atoms with Crippen molar-refractivity contribution in [3.63, 3.8) is 0 Å². The van der Waals surface area contributed by atoms with E-state index in [0.29, 0.717) is 15.8 Å². The summed E-state index contributed by atoms with van der Waals surface area (Å²) in [7, 11) is 0. The third-order valence-corrected chi connectivity index (χ3v) is 3.59. The first kappa shape index (κ1) is 14.2. The molecule has 2 aromatic carbocycles. The van der Waals surface area contributed by atoms with Crippen LogP contribution in [0.25, 0.3) is 0 Å². The summed E-state index contributed by atoms with van der Waals surface area (Å²) < 4.78 is 5.75. The molecule has 0 aliphatic carbocycles. The van der Waals surface area contributed by atoms with Gasteiger partial charge < -0.3 is 10.5 Å². The van der Waals surface area contributed by atoms with E-state index in [-0.39, 0.29) is 6.04 Å². The first-order chi connectivity index (χ1) is 9.10. The van der Waals surface area contributed by atoms with Gasteiger partial charge in [0.1, 0.15) is 11.5 Å². The molecule has 19 heavy (non-hydrogen) atoms. The van der Waals surface area contributed by atoms with Gasteiger partial charge in [-0.2, -0.15) is 0 Å². The van der Waals surface area contributed by atoms with E-state index >= 15 is 0 Å². The van der Waals surface area contributed by atoms with Crippen LogP contribution >= 0.6 is 23.2 Å². The number of halogens is 2. The molecule has 2 N–H and O–H groups in total. The highest BCUT2D eigenvalue weighted by Crippen LogP contribution is 2.30. The normalized spacial score (nSPS) is 12.2. The zero-order chi connectivity index (χ0) is 13.8. The fraction of sp³-hybridized carbons (Fsp3) is 0.200. The van der Waals surface area contributed by atoms with Gasteiger partial charge in [0, 0.05) is 12.1 Å². The molecule has 1 atom stereocenters. The second kappa shape index (κ2) is 6.29. The smallest absolute Gasteiger partial charge is 0.129 e. The molecule has 0 aliphatic rings. The number of nitrogens with two attached hydrogens (primary N) is 1. The van der Waals surface area contributed by atoms with Crippen LogP contribution in [0.3, 0.4) is 0 Å². The Morgan fingerprint density at radius 2 is 1.79 bits per heavy atom. The van der Waals surface area contributed by atoms with Crippen molar-refractivity contribution in [2.45, 2.75) is 19.4 Å². The Morgan fingerprint density at radius 3 is 2.47 bits per heavy atom. The Bertz CT molecular complexity index is 572. The predicted octanol–water partition coefficient (Wildman–Crippen LogP) is 5.20. The predicted molar refractivity (Wildman–Crippen MR) is 80.2 cm³/mol. The molecule has 0 saturated carbocycles. The van der Waals surface area contributed by atoms with Gasteiger partial charge in [-0.3, -0.25) is 0 Å². The minimum absolute atomic E-state index is 0.0253. The average Bonchev–Trinajstić information content (AvgIpc) is 2.42. The fourth-order valence-electron chi connectivity index (χ4n) is 1.72. The van der Waals surface area contributed by atoms with E-state index < -0.39 is 0 Å². The van der Waals surface area contributed by atoms with Gasteiger partial charge in [0.15, 0.2) is 0 Å². The van der Waals surface area contributed by atoms with Crippen LogP contribution in [0.2, 0.25) is 10.0 Å². The third kappa shape index (κ3) is 3.63. The SMILES string of the molecule is CCC(N)c1cccc(Oc2ccc(Cl)c(Cl)c2)c1. The van der Waals surface area contributed by atoms with Gasteiger partial charge >= 0.3 is 0 Å². The van der Waals surface area contributed by atoms with Crippen molar-refractivity contribution in [2.24, 2.45) is 5.73 Å². The van der Waals surface area contributed by atoms with Gasteiger partial charge in [-0.15, -0.1) is 0 Å². The van der Waals surface area contributed by atoms with Crippen molar-refractivity contribution in [1.82, 2.24) is 0 Å². The maximum absolute atomic E-state index is 6.01. The van der Waals surface area contributed by atoms with E-state index in [1.54, 1.807) is 18.2 Å². The van der Waals surface area contributed by atoms with E-state index in [1.807, 2.05) is 24.3 Å². The van der Waals surface area contributed by atoms with Gasteiger partial charge in [-0.25, -0.2) is 0 Å². The summed E-state index contributed by atoms with van der Waals surface area (Å²) in [6, 6.07) is 13.0. The number of benzene rings is 2. The minimum Gasteiger partial charge on any atom is -0.457 e. The lowest BCUT2D eigenvalue weighted by atomic mass is 10.1. The standard InChI is InChI=1S/C15H15Cl2NO/c1-2-15(18)10-4-3-5-11(8-10)19-12-6-7-13(16)14(17)9-12/h3-9,15H,2,18H2,1H3. The highest BCUT2D eigenvalue weighted by Gasteiger charge is 2.06. The summed E-state index contributed by atoms with van der Waals surface area (Å²) in [4.78, 5) is 0. The summed E-state index contributed by atoms with van der Waals surface area (Å²) in [5.41, 5.74) is 7.06. The van der Waals surface area contributed by atoms with Crippen molar-refractivity contribution in [3.05, 3.63) is 58.1 Å². The summed E-state index contributed by atoms with van der Waals surface area (Å²) in [5, 5.41) is 0.983. The molecule has 0 heterocycles. The van der Waals surface area contributed by atoms with Crippen molar-refractivity contribution in [1.29, 1.82) is 0 Å². The van der Waals surface area contributed by atoms with Crippen LogP contribution in [0.5, 0.6) is 11.5 Å². The molecule has 0 fully saturated rings. The van der Waals surface area contributed by atoms with Crippen molar-refractivity contribution in [2.75, 3.05) is 0 Å². The lowest BCUT2D eigenvalue weighted by molar-refractivity contribution is 0.481. The molecular formula is C15H15Cl2NO. The Balaban J connectivity index is 2.20. The monoisotopic (exact) mass is 295 g/mol. The molecule has 2 aromatic rings. The van der Waals surface area contributed by atoms with Crippen LogP contribution in [-0.4, -0.2) is 0 Å². The average molecular weight is 296 g/mol. The molecule has 1 unspecified atom stereocenters. The van der Waals surface area contributed by atoms with E-state index in [2.05, 4.69) is 6.92 Å². The molecule has 2 nitrogen and oxygen atoms in total. The molecule has 0 aromatic heterocycles. The largest absolute Gasteiger partial charge is 0.457 e. The lowest BCUT2D eigenvalue weighted by Gasteiger charge is -2.12. The Morgan fingerprint density at radius 1 is 1.05 bits per heavy atom. The number of hydrogen-bond acceptors (Lipinski definition) is 2. The molecule has 100 valence electrons. The van der Waals surface area contributed by atoms with Gasteiger partial charge in [-0.1, -0.05) is 42.3 Å². The summed E-state index contributed by atoms with van der Waals surface area (Å²) in [6.07, 6.45) is 0.885. The van der Waals surface area contributed by atoms with Gasteiger partial charge in [-0.05, 0) is 36.2 Å². The van der Waals surface area contributed by atoms with Gasteiger partial charge in [0.05, 0.1) is 10.0 Å². The van der Waals surface area contributed by atoms with Gasteiger partial charge in [0.2, 0.25) is 0 Å². The molecule has 0 saturated heterocycles. The Hall–Kier alpha value is -1.22. The summed E-state index contributed by atoms with van der Waals surface area (Å²) >= 11 is 11.8. The van der Waals surface area contributed by atoms with Crippen LogP contribution < -0.4 is 10.5 Å². The minimum atomic E-state index is 0.0253. The highest BCUT2D eigenvalue weighted by molar-refractivity contribution is 6.42. The second-order valence-corrected chi connectivity index (χ2v) is 5.08. The molecular weight excluding hydrogens is 281 g/mol. The number of rotatable bonds is 4. The van der Waals surface area contributed by atoms with Crippen LogP contribution in [0.1, 0.15) is 24.9 Å². The van der Waals surface area contributed by atoms with Gasteiger partial charge in [0.25, 0.3) is 0 Å². The number of hydrogen-bond donors (Lipinski definition) is 1. The summed E-state index contributed by atoms with van der Waals surface area (Å²) in [6.45, 7) is 2.05. The molecule has 0 bridgehead atoms.